The van der Waals surface area contributed by atoms with Crippen LogP contribution in [-0.2, 0) is 6.54 Å². The largest absolute Gasteiger partial charge is 0.337 e. The van der Waals surface area contributed by atoms with E-state index in [1.807, 2.05) is 30.3 Å². The fraction of sp³-hybridized carbons (Fsp3) is 0.0588. The molecule has 0 bridgehead atoms. The Kier molecular flexibility index (Phi) is 3.73. The second kappa shape index (κ2) is 6.20. The van der Waals surface area contributed by atoms with Crippen LogP contribution in [0.1, 0.15) is 5.89 Å². The molecule has 9 heteroatoms. The Hall–Kier alpha value is -3.88. The number of fused-ring (bicyclic) bond motifs is 1. The van der Waals surface area contributed by atoms with Crippen LogP contribution in [0, 0.1) is 10.1 Å². The maximum absolute atomic E-state index is 12.6. The number of non-ortho nitro benzene ring substituents is 1. The minimum atomic E-state index is -0.555. The van der Waals surface area contributed by atoms with Gasteiger partial charge >= 0.3 is 0 Å². The maximum atomic E-state index is 12.6. The molecule has 128 valence electrons. The number of benzene rings is 2. The lowest BCUT2D eigenvalue weighted by atomic mass is 10.2. The van der Waals surface area contributed by atoms with Crippen molar-refractivity contribution in [3.05, 3.63) is 81.2 Å². The lowest BCUT2D eigenvalue weighted by Gasteiger charge is -2.03. The van der Waals surface area contributed by atoms with Gasteiger partial charge in [-0.15, -0.1) is 0 Å². The van der Waals surface area contributed by atoms with Crippen molar-refractivity contribution in [1.82, 2.24) is 19.7 Å². The van der Waals surface area contributed by atoms with Gasteiger partial charge in [-0.2, -0.15) is 4.98 Å². The number of hydrogen-bond donors (Lipinski definition) is 0. The summed E-state index contributed by atoms with van der Waals surface area (Å²) in [6, 6.07) is 13.2. The zero-order valence-electron chi connectivity index (χ0n) is 13.3. The van der Waals surface area contributed by atoms with Gasteiger partial charge in [-0.25, -0.2) is 4.98 Å². The summed E-state index contributed by atoms with van der Waals surface area (Å²) in [6.07, 6.45) is 1.35. The molecular weight excluding hydrogens is 338 g/mol. The van der Waals surface area contributed by atoms with Gasteiger partial charge in [-0.3, -0.25) is 19.5 Å². The third-order valence-electron chi connectivity index (χ3n) is 3.82. The predicted molar refractivity (Wildman–Crippen MR) is 91.5 cm³/mol. The Labute approximate surface area is 145 Å². The van der Waals surface area contributed by atoms with E-state index in [0.29, 0.717) is 11.3 Å². The molecule has 4 aromatic rings. The summed E-state index contributed by atoms with van der Waals surface area (Å²) in [7, 11) is 0. The molecule has 26 heavy (non-hydrogen) atoms. The standard InChI is InChI=1S/C17H11N5O4/c23-17-13-8-12(22(24)25)6-7-14(13)18-10-21(17)9-15-19-16(20-26-15)11-4-2-1-3-5-11/h1-8,10H,9H2. The van der Waals surface area contributed by atoms with E-state index < -0.39 is 10.5 Å². The van der Waals surface area contributed by atoms with Crippen molar-refractivity contribution in [2.24, 2.45) is 0 Å². The van der Waals surface area contributed by atoms with Crippen LogP contribution in [0.2, 0.25) is 0 Å². The predicted octanol–water partition coefficient (Wildman–Crippen LogP) is 2.40. The topological polar surface area (TPSA) is 117 Å². The Morgan fingerprint density at radius 3 is 2.73 bits per heavy atom. The van der Waals surface area contributed by atoms with Crippen molar-refractivity contribution in [3.63, 3.8) is 0 Å². The smallest absolute Gasteiger partial charge is 0.270 e. The second-order valence-electron chi connectivity index (χ2n) is 5.51. The van der Waals surface area contributed by atoms with Crippen molar-refractivity contribution >= 4 is 16.6 Å². The minimum absolute atomic E-state index is 0.0182. The van der Waals surface area contributed by atoms with E-state index in [0.717, 1.165) is 5.56 Å². The highest BCUT2D eigenvalue weighted by molar-refractivity contribution is 5.79. The van der Waals surface area contributed by atoms with Gasteiger partial charge in [-0.1, -0.05) is 35.5 Å². The summed E-state index contributed by atoms with van der Waals surface area (Å²) in [4.78, 5) is 31.4. The highest BCUT2D eigenvalue weighted by Crippen LogP contribution is 2.17. The first-order valence-corrected chi connectivity index (χ1v) is 7.63. The lowest BCUT2D eigenvalue weighted by molar-refractivity contribution is -0.384. The van der Waals surface area contributed by atoms with Crippen LogP contribution < -0.4 is 5.56 Å². The average Bonchev–Trinajstić information content (AvgIpc) is 3.13. The second-order valence-corrected chi connectivity index (χ2v) is 5.51. The van der Waals surface area contributed by atoms with Crippen molar-refractivity contribution in [3.8, 4) is 11.4 Å². The Balaban J connectivity index is 1.69. The normalized spacial score (nSPS) is 10.9. The molecule has 0 aliphatic rings. The van der Waals surface area contributed by atoms with Gasteiger partial charge in [0.1, 0.15) is 6.54 Å². The molecule has 0 unspecified atom stereocenters. The SMILES string of the molecule is O=c1c2cc([N+](=O)[O-])ccc2ncn1Cc1nc(-c2ccccc2)no1. The van der Waals surface area contributed by atoms with Crippen molar-refractivity contribution < 1.29 is 9.45 Å². The first-order chi connectivity index (χ1) is 12.6. The van der Waals surface area contributed by atoms with E-state index in [1.54, 1.807) is 0 Å². The Bertz CT molecular complexity index is 1170. The van der Waals surface area contributed by atoms with Crippen LogP contribution in [0.25, 0.3) is 22.3 Å². The average molecular weight is 349 g/mol. The third kappa shape index (κ3) is 2.81. The van der Waals surface area contributed by atoms with E-state index in [9.17, 15) is 14.9 Å². The fourth-order valence-corrected chi connectivity index (χ4v) is 2.54. The van der Waals surface area contributed by atoms with Crippen LogP contribution in [0.4, 0.5) is 5.69 Å². The summed E-state index contributed by atoms with van der Waals surface area (Å²) in [5.41, 5.74) is 0.589. The number of nitro benzene ring substituents is 1. The molecule has 0 aliphatic carbocycles. The highest BCUT2D eigenvalue weighted by atomic mass is 16.6. The molecular formula is C17H11N5O4. The molecule has 2 heterocycles. The molecule has 2 aromatic heterocycles. The zero-order valence-corrected chi connectivity index (χ0v) is 13.3. The van der Waals surface area contributed by atoms with Crippen LogP contribution in [-0.4, -0.2) is 24.6 Å². The number of nitro groups is 1. The van der Waals surface area contributed by atoms with E-state index in [4.69, 9.17) is 4.52 Å². The first-order valence-electron chi connectivity index (χ1n) is 7.63. The first kappa shape index (κ1) is 15.6. The van der Waals surface area contributed by atoms with E-state index in [2.05, 4.69) is 15.1 Å². The third-order valence-corrected chi connectivity index (χ3v) is 3.82. The van der Waals surface area contributed by atoms with Crippen LogP contribution in [0.3, 0.4) is 0 Å². The molecule has 0 spiro atoms. The van der Waals surface area contributed by atoms with Gasteiger partial charge in [0.05, 0.1) is 22.2 Å². The summed E-state index contributed by atoms with van der Waals surface area (Å²) in [5, 5.41) is 15.0. The molecule has 0 amide bonds. The maximum Gasteiger partial charge on any atom is 0.270 e. The number of nitrogens with zero attached hydrogens (tertiary/aromatic N) is 5. The van der Waals surface area contributed by atoms with Gasteiger partial charge < -0.3 is 4.52 Å². The molecule has 0 aliphatic heterocycles. The monoisotopic (exact) mass is 349 g/mol. The van der Waals surface area contributed by atoms with E-state index >= 15 is 0 Å². The Morgan fingerprint density at radius 2 is 1.96 bits per heavy atom. The number of rotatable bonds is 4. The number of hydrogen-bond acceptors (Lipinski definition) is 7. The van der Waals surface area contributed by atoms with Crippen LogP contribution in [0.5, 0.6) is 0 Å². The molecule has 4 rings (SSSR count). The van der Waals surface area contributed by atoms with Gasteiger partial charge in [0, 0.05) is 17.7 Å². The summed E-state index contributed by atoms with van der Waals surface area (Å²) < 4.78 is 6.47. The summed E-state index contributed by atoms with van der Waals surface area (Å²) >= 11 is 0. The highest BCUT2D eigenvalue weighted by Gasteiger charge is 2.13. The molecule has 0 fully saturated rings. The van der Waals surface area contributed by atoms with Gasteiger partial charge in [0.15, 0.2) is 0 Å². The van der Waals surface area contributed by atoms with Gasteiger partial charge in [0.25, 0.3) is 11.2 Å². The van der Waals surface area contributed by atoms with E-state index in [1.165, 1.54) is 29.1 Å². The zero-order chi connectivity index (χ0) is 18.1. The molecule has 2 aromatic carbocycles. The minimum Gasteiger partial charge on any atom is -0.337 e. The quantitative estimate of drug-likeness (QED) is 0.410. The van der Waals surface area contributed by atoms with Gasteiger partial charge in [-0.05, 0) is 6.07 Å². The van der Waals surface area contributed by atoms with E-state index in [-0.39, 0.29) is 23.5 Å². The molecule has 9 nitrogen and oxygen atoms in total. The molecule has 0 radical (unpaired) electrons. The van der Waals surface area contributed by atoms with Crippen molar-refractivity contribution in [2.45, 2.75) is 6.54 Å². The molecule has 0 atom stereocenters. The molecule has 0 saturated heterocycles. The fourth-order valence-electron chi connectivity index (χ4n) is 2.54. The molecule has 0 N–H and O–H groups in total. The Morgan fingerprint density at radius 1 is 1.15 bits per heavy atom. The lowest BCUT2D eigenvalue weighted by Crippen LogP contribution is -2.21. The summed E-state index contributed by atoms with van der Waals surface area (Å²) in [5.74, 6) is 0.649. The van der Waals surface area contributed by atoms with Crippen LogP contribution in [0.15, 0.2) is 64.2 Å². The van der Waals surface area contributed by atoms with Gasteiger partial charge in [0.2, 0.25) is 11.7 Å². The van der Waals surface area contributed by atoms with Crippen molar-refractivity contribution in [2.75, 3.05) is 0 Å². The van der Waals surface area contributed by atoms with Crippen LogP contribution >= 0.6 is 0 Å². The molecule has 0 saturated carbocycles. The van der Waals surface area contributed by atoms with Crippen molar-refractivity contribution in [1.29, 1.82) is 0 Å². The summed E-state index contributed by atoms with van der Waals surface area (Å²) in [6.45, 7) is 0.0182. The number of aromatic nitrogens is 4.